The molecule has 1 N–H and O–H groups in total. The van der Waals surface area contributed by atoms with Crippen LogP contribution in [0, 0.1) is 6.92 Å². The number of carbonyl (C=O) groups excluding carboxylic acids is 1. The van der Waals surface area contributed by atoms with Crippen LogP contribution in [0.25, 0.3) is 0 Å². The number of hydrogen-bond donors (Lipinski definition) is 1. The Hall–Kier alpha value is -1.80. The van der Waals surface area contributed by atoms with E-state index >= 15 is 0 Å². The van der Waals surface area contributed by atoms with Crippen LogP contribution < -0.4 is 5.56 Å². The van der Waals surface area contributed by atoms with Crippen molar-refractivity contribution >= 4 is 35.0 Å². The first kappa shape index (κ1) is 13.6. The maximum Gasteiger partial charge on any atom is 0.345 e. The number of nitrogens with zero attached hydrogens (tertiary/aromatic N) is 1. The fraction of sp³-hybridized carbons (Fsp3) is 0.182. The second-order valence-corrected chi connectivity index (χ2v) is 5.57. The number of carboxylic acids is 1. The van der Waals surface area contributed by atoms with Gasteiger partial charge in [-0.2, -0.15) is 0 Å². The summed E-state index contributed by atoms with van der Waals surface area (Å²) in [4.78, 5) is 34.7. The highest BCUT2D eigenvalue weighted by atomic mass is 32.2. The van der Waals surface area contributed by atoms with Crippen LogP contribution in [0.2, 0.25) is 0 Å². The molecule has 8 heteroatoms. The molecule has 0 atom stereocenters. The molecule has 0 aliphatic carbocycles. The summed E-state index contributed by atoms with van der Waals surface area (Å²) in [6, 6.07) is 2.72. The summed E-state index contributed by atoms with van der Waals surface area (Å²) in [5, 5.41) is 10.4. The minimum absolute atomic E-state index is 0.00263. The molecular weight excluding hydrogens is 290 g/mol. The molecule has 0 fully saturated rings. The van der Waals surface area contributed by atoms with Crippen LogP contribution in [0.1, 0.15) is 20.2 Å². The lowest BCUT2D eigenvalue weighted by atomic mass is 10.5. The largest absolute Gasteiger partial charge is 0.477 e. The van der Waals surface area contributed by atoms with Crippen molar-refractivity contribution in [2.24, 2.45) is 0 Å². The van der Waals surface area contributed by atoms with Gasteiger partial charge in [0.15, 0.2) is 0 Å². The van der Waals surface area contributed by atoms with Gasteiger partial charge in [-0.15, -0.1) is 27.8 Å². The number of hydrogen-bond acceptors (Lipinski definition) is 6. The number of thioether (sulfide) groups is 1. The van der Waals surface area contributed by atoms with E-state index in [4.69, 9.17) is 9.63 Å². The first-order valence-electron chi connectivity index (χ1n) is 5.15. The summed E-state index contributed by atoms with van der Waals surface area (Å²) in [5.41, 5.74) is -0.500. The third-order valence-corrected chi connectivity index (χ3v) is 4.16. The van der Waals surface area contributed by atoms with Gasteiger partial charge in [-0.3, -0.25) is 9.59 Å². The molecule has 19 heavy (non-hydrogen) atoms. The number of thiophene rings is 1. The van der Waals surface area contributed by atoms with Crippen molar-refractivity contribution in [2.75, 3.05) is 5.75 Å². The first-order chi connectivity index (χ1) is 8.97. The summed E-state index contributed by atoms with van der Waals surface area (Å²) >= 11 is 2.25. The van der Waals surface area contributed by atoms with E-state index in [-0.39, 0.29) is 10.6 Å². The van der Waals surface area contributed by atoms with Gasteiger partial charge in [0.1, 0.15) is 10.6 Å². The molecule has 2 aromatic rings. The highest BCUT2D eigenvalue weighted by molar-refractivity contribution is 8.00. The van der Waals surface area contributed by atoms with E-state index in [1.165, 1.54) is 12.1 Å². The Morgan fingerprint density at radius 3 is 2.74 bits per heavy atom. The van der Waals surface area contributed by atoms with Crippen molar-refractivity contribution in [3.63, 3.8) is 0 Å². The van der Waals surface area contributed by atoms with Crippen LogP contribution in [0.15, 0.2) is 31.7 Å². The van der Waals surface area contributed by atoms with E-state index in [0.717, 1.165) is 23.1 Å². The van der Waals surface area contributed by atoms with E-state index in [1.54, 1.807) is 12.3 Å². The normalized spacial score (nSPS) is 10.6. The zero-order chi connectivity index (χ0) is 14.0. The summed E-state index contributed by atoms with van der Waals surface area (Å²) in [6.45, 7) is 1.58. The van der Waals surface area contributed by atoms with E-state index in [1.807, 2.05) is 0 Å². The Labute approximate surface area is 115 Å². The minimum Gasteiger partial charge on any atom is -0.477 e. The minimum atomic E-state index is -0.999. The average Bonchev–Trinajstić information content (AvgIpc) is 2.93. The molecule has 0 saturated carbocycles. The van der Waals surface area contributed by atoms with E-state index < -0.39 is 17.4 Å². The van der Waals surface area contributed by atoms with Crippen molar-refractivity contribution in [3.05, 3.63) is 38.5 Å². The van der Waals surface area contributed by atoms with Gasteiger partial charge in [-0.05, 0) is 13.0 Å². The predicted octanol–water partition coefficient (Wildman–Crippen LogP) is 1.94. The third kappa shape index (κ3) is 3.15. The number of aromatic nitrogens is 1. The molecule has 2 heterocycles. The van der Waals surface area contributed by atoms with Crippen molar-refractivity contribution in [3.8, 4) is 0 Å². The monoisotopic (exact) mass is 299 g/mol. The van der Waals surface area contributed by atoms with Crippen molar-refractivity contribution in [1.82, 2.24) is 4.74 Å². The molecule has 0 aliphatic rings. The summed E-state index contributed by atoms with van der Waals surface area (Å²) in [7, 11) is 0. The van der Waals surface area contributed by atoms with Gasteiger partial charge in [-0.1, -0.05) is 0 Å². The van der Waals surface area contributed by atoms with Crippen LogP contribution in [0.5, 0.6) is 0 Å². The molecule has 0 aliphatic heterocycles. The molecule has 0 radical (unpaired) electrons. The van der Waals surface area contributed by atoms with E-state index in [0.29, 0.717) is 15.4 Å². The Bertz CT molecular complexity index is 681. The highest BCUT2D eigenvalue weighted by Gasteiger charge is 2.13. The number of rotatable bonds is 4. The molecule has 0 aromatic carbocycles. The van der Waals surface area contributed by atoms with Gasteiger partial charge < -0.3 is 9.63 Å². The molecule has 0 spiro atoms. The number of aromatic carboxylic acids is 1. The van der Waals surface area contributed by atoms with Gasteiger partial charge >= 0.3 is 5.97 Å². The molecule has 0 unspecified atom stereocenters. The maximum atomic E-state index is 11.7. The van der Waals surface area contributed by atoms with Crippen LogP contribution in [0.4, 0.5) is 0 Å². The number of carboxylic acid groups (broad SMARTS) is 1. The van der Waals surface area contributed by atoms with Crippen molar-refractivity contribution in [1.29, 1.82) is 0 Å². The maximum absolute atomic E-state index is 11.7. The lowest BCUT2D eigenvalue weighted by Gasteiger charge is -1.97. The van der Waals surface area contributed by atoms with Gasteiger partial charge in [-0.25, -0.2) is 4.79 Å². The van der Waals surface area contributed by atoms with Crippen LogP contribution in [-0.2, 0) is 0 Å². The Morgan fingerprint density at radius 1 is 1.47 bits per heavy atom. The van der Waals surface area contributed by atoms with Crippen molar-refractivity contribution in [2.45, 2.75) is 11.8 Å². The Balaban J connectivity index is 2.02. The summed E-state index contributed by atoms with van der Waals surface area (Å²) < 4.78 is 5.66. The van der Waals surface area contributed by atoms with E-state index in [2.05, 4.69) is 0 Å². The Kier molecular flexibility index (Phi) is 3.91. The van der Waals surface area contributed by atoms with Gasteiger partial charge in [0.2, 0.25) is 0 Å². The third-order valence-electron chi connectivity index (χ3n) is 2.14. The van der Waals surface area contributed by atoms with Gasteiger partial charge in [0, 0.05) is 16.3 Å². The molecule has 0 saturated heterocycles. The molecule has 2 rings (SSSR count). The second kappa shape index (κ2) is 5.45. The van der Waals surface area contributed by atoms with Crippen LogP contribution >= 0.6 is 23.1 Å². The SMILES string of the molecule is Cc1cc(=O)n(C(=O)CSc2csc(C(=O)O)c2)o1. The van der Waals surface area contributed by atoms with Gasteiger partial charge in [0.25, 0.3) is 11.5 Å². The molecular formula is C11H9NO5S2. The summed E-state index contributed by atoms with van der Waals surface area (Å²) in [6.07, 6.45) is 0. The molecule has 100 valence electrons. The predicted molar refractivity (Wildman–Crippen MR) is 70.3 cm³/mol. The molecule has 2 aromatic heterocycles. The first-order valence-corrected chi connectivity index (χ1v) is 7.01. The molecule has 0 amide bonds. The van der Waals surface area contributed by atoms with Crippen molar-refractivity contribution < 1.29 is 19.2 Å². The highest BCUT2D eigenvalue weighted by Crippen LogP contribution is 2.24. The topological polar surface area (TPSA) is 89.5 Å². The van der Waals surface area contributed by atoms with E-state index in [9.17, 15) is 14.4 Å². The molecule has 0 bridgehead atoms. The van der Waals surface area contributed by atoms with Crippen LogP contribution in [0.3, 0.4) is 0 Å². The Morgan fingerprint density at radius 2 is 2.21 bits per heavy atom. The molecule has 6 nitrogen and oxygen atoms in total. The fourth-order valence-electron chi connectivity index (χ4n) is 1.33. The lowest BCUT2D eigenvalue weighted by molar-refractivity contribution is 0.0701. The van der Waals surface area contributed by atoms with Crippen LogP contribution in [-0.4, -0.2) is 27.5 Å². The summed E-state index contributed by atoms with van der Waals surface area (Å²) in [5.74, 6) is -1.11. The quantitative estimate of drug-likeness (QED) is 0.868. The standard InChI is InChI=1S/C11H9NO5S2/c1-6-2-9(13)12(17-6)10(14)5-18-7-3-8(11(15)16)19-4-7/h2-4H,5H2,1H3,(H,15,16). The van der Waals surface area contributed by atoms with Gasteiger partial charge in [0.05, 0.1) is 5.75 Å². The number of carbonyl (C=O) groups is 2. The average molecular weight is 299 g/mol. The fourth-order valence-corrected chi connectivity index (χ4v) is 3.04. The zero-order valence-corrected chi connectivity index (χ0v) is 11.4. The smallest absolute Gasteiger partial charge is 0.345 e. The second-order valence-electron chi connectivity index (χ2n) is 3.61. The lowest BCUT2D eigenvalue weighted by Crippen LogP contribution is -2.23. The number of aryl methyl sites for hydroxylation is 1. The zero-order valence-electron chi connectivity index (χ0n) is 9.78.